The number of thioether (sulfide) groups is 1. The Morgan fingerprint density at radius 3 is 2.69 bits per heavy atom. The standard InChI is InChI=1S/C12H18N2OS/c1-12(2)10(15)14-11(16-12)13-9-6-7-3-4-8(9)5-7/h7-9H,3-6H2,1-2H3,(H,13,14,15). The van der Waals surface area contributed by atoms with Crippen LogP contribution in [0.4, 0.5) is 0 Å². The lowest BCUT2D eigenvalue weighted by molar-refractivity contribution is -0.119. The number of carbonyl (C=O) groups is 1. The molecule has 0 saturated heterocycles. The third kappa shape index (κ3) is 1.67. The SMILES string of the molecule is CC1(C)SC(NC2CC3CCC2C3)=NC1=O. The number of nitrogens with zero attached hydrogens (tertiary/aromatic N) is 1. The van der Waals surface area contributed by atoms with Gasteiger partial charge in [-0.15, -0.1) is 0 Å². The van der Waals surface area contributed by atoms with E-state index in [1.165, 1.54) is 25.7 Å². The second-order valence-electron chi connectivity index (χ2n) is 5.76. The molecule has 2 aliphatic carbocycles. The van der Waals surface area contributed by atoms with E-state index in [9.17, 15) is 4.79 Å². The fourth-order valence-corrected chi connectivity index (χ4v) is 4.13. The fourth-order valence-electron chi connectivity index (χ4n) is 3.18. The molecule has 16 heavy (non-hydrogen) atoms. The summed E-state index contributed by atoms with van der Waals surface area (Å²) in [6.07, 6.45) is 5.43. The second kappa shape index (κ2) is 3.49. The Morgan fingerprint density at radius 1 is 1.38 bits per heavy atom. The van der Waals surface area contributed by atoms with Crippen LogP contribution in [0.25, 0.3) is 0 Å². The van der Waals surface area contributed by atoms with Gasteiger partial charge in [0.15, 0.2) is 5.17 Å². The molecule has 1 amide bonds. The first kappa shape index (κ1) is 10.6. The van der Waals surface area contributed by atoms with Crippen LogP contribution >= 0.6 is 11.8 Å². The van der Waals surface area contributed by atoms with Gasteiger partial charge in [-0.1, -0.05) is 18.2 Å². The Hall–Kier alpha value is -0.510. The molecule has 3 rings (SSSR count). The highest BCUT2D eigenvalue weighted by atomic mass is 32.2. The maximum atomic E-state index is 11.6. The van der Waals surface area contributed by atoms with E-state index in [-0.39, 0.29) is 10.7 Å². The average Bonchev–Trinajstić information content (AvgIpc) is 2.82. The maximum Gasteiger partial charge on any atom is 0.264 e. The molecule has 0 aromatic heterocycles. The summed E-state index contributed by atoms with van der Waals surface area (Å²) in [6, 6.07) is 0.576. The number of nitrogens with one attached hydrogen (secondary N) is 1. The number of rotatable bonds is 1. The molecule has 1 N–H and O–H groups in total. The van der Waals surface area contributed by atoms with Crippen molar-refractivity contribution in [3.05, 3.63) is 0 Å². The van der Waals surface area contributed by atoms with E-state index < -0.39 is 0 Å². The quantitative estimate of drug-likeness (QED) is 0.761. The summed E-state index contributed by atoms with van der Waals surface area (Å²) in [5.41, 5.74) is 0. The Kier molecular flexibility index (Phi) is 2.32. The highest BCUT2D eigenvalue weighted by Gasteiger charge is 2.42. The smallest absolute Gasteiger partial charge is 0.264 e. The predicted octanol–water partition coefficient (Wildman–Crippen LogP) is 2.17. The van der Waals surface area contributed by atoms with Crippen molar-refractivity contribution in [1.29, 1.82) is 0 Å². The van der Waals surface area contributed by atoms with E-state index >= 15 is 0 Å². The van der Waals surface area contributed by atoms with E-state index in [2.05, 4.69) is 10.3 Å². The molecule has 0 aromatic rings. The lowest BCUT2D eigenvalue weighted by atomic mass is 9.96. The van der Waals surface area contributed by atoms with Crippen molar-refractivity contribution in [2.45, 2.75) is 50.3 Å². The predicted molar refractivity (Wildman–Crippen MR) is 66.5 cm³/mol. The fraction of sp³-hybridized carbons (Fsp3) is 0.833. The zero-order valence-corrected chi connectivity index (χ0v) is 10.6. The van der Waals surface area contributed by atoms with Crippen LogP contribution in [0.5, 0.6) is 0 Å². The van der Waals surface area contributed by atoms with Crippen LogP contribution in [0.3, 0.4) is 0 Å². The lowest BCUT2D eigenvalue weighted by Crippen LogP contribution is -2.37. The molecule has 3 atom stereocenters. The van der Waals surface area contributed by atoms with Gasteiger partial charge in [0.2, 0.25) is 0 Å². The number of carbonyl (C=O) groups excluding carboxylic acids is 1. The van der Waals surface area contributed by atoms with Crippen LogP contribution in [-0.4, -0.2) is 21.9 Å². The molecule has 4 heteroatoms. The van der Waals surface area contributed by atoms with Crippen molar-refractivity contribution < 1.29 is 4.79 Å². The third-order valence-corrected chi connectivity index (χ3v) is 5.20. The first-order valence-corrected chi connectivity index (χ1v) is 6.95. The van der Waals surface area contributed by atoms with E-state index in [0.29, 0.717) is 6.04 Å². The molecular formula is C12H18N2OS. The topological polar surface area (TPSA) is 41.5 Å². The Morgan fingerprint density at radius 2 is 2.19 bits per heavy atom. The summed E-state index contributed by atoms with van der Waals surface area (Å²) in [4.78, 5) is 15.7. The van der Waals surface area contributed by atoms with E-state index in [1.54, 1.807) is 11.8 Å². The zero-order valence-electron chi connectivity index (χ0n) is 9.82. The van der Waals surface area contributed by atoms with Gasteiger partial charge < -0.3 is 5.32 Å². The average molecular weight is 238 g/mol. The number of aliphatic imine (C=N–C) groups is 1. The van der Waals surface area contributed by atoms with Gasteiger partial charge in [0.05, 0.1) is 4.75 Å². The van der Waals surface area contributed by atoms with Gasteiger partial charge in [-0.05, 0) is 44.9 Å². The molecule has 1 heterocycles. The van der Waals surface area contributed by atoms with Crippen LogP contribution in [-0.2, 0) is 4.79 Å². The van der Waals surface area contributed by atoms with Crippen molar-refractivity contribution in [2.24, 2.45) is 16.8 Å². The van der Waals surface area contributed by atoms with E-state index in [0.717, 1.165) is 17.0 Å². The van der Waals surface area contributed by atoms with Crippen molar-refractivity contribution in [1.82, 2.24) is 5.32 Å². The number of hydrogen-bond acceptors (Lipinski definition) is 3. The van der Waals surface area contributed by atoms with Crippen LogP contribution in [0.15, 0.2) is 4.99 Å². The Labute approximate surface area is 100 Å². The molecule has 2 saturated carbocycles. The molecule has 0 aromatic carbocycles. The minimum absolute atomic E-state index is 0.00292. The molecule has 3 unspecified atom stereocenters. The van der Waals surface area contributed by atoms with Gasteiger partial charge in [-0.2, -0.15) is 4.99 Å². The van der Waals surface area contributed by atoms with Crippen molar-refractivity contribution in [3.8, 4) is 0 Å². The number of amidine groups is 1. The van der Waals surface area contributed by atoms with Gasteiger partial charge in [-0.25, -0.2) is 0 Å². The molecule has 0 spiro atoms. The summed E-state index contributed by atoms with van der Waals surface area (Å²) < 4.78 is -0.361. The summed E-state index contributed by atoms with van der Waals surface area (Å²) in [5, 5.41) is 4.34. The van der Waals surface area contributed by atoms with Gasteiger partial charge in [0, 0.05) is 6.04 Å². The van der Waals surface area contributed by atoms with Gasteiger partial charge in [0.25, 0.3) is 5.91 Å². The highest BCUT2D eigenvalue weighted by Crippen LogP contribution is 2.45. The summed E-state index contributed by atoms with van der Waals surface area (Å²) in [5.74, 6) is 1.76. The van der Waals surface area contributed by atoms with Crippen molar-refractivity contribution in [3.63, 3.8) is 0 Å². The molecule has 88 valence electrons. The van der Waals surface area contributed by atoms with Crippen LogP contribution in [0.2, 0.25) is 0 Å². The number of amides is 1. The number of hydrogen-bond donors (Lipinski definition) is 1. The summed E-state index contributed by atoms with van der Waals surface area (Å²) in [7, 11) is 0. The Balaban J connectivity index is 1.65. The summed E-state index contributed by atoms with van der Waals surface area (Å²) in [6.45, 7) is 3.89. The normalized spacial score (nSPS) is 40.2. The largest absolute Gasteiger partial charge is 0.361 e. The van der Waals surface area contributed by atoms with E-state index in [4.69, 9.17) is 0 Å². The molecule has 1 aliphatic heterocycles. The first-order valence-electron chi connectivity index (χ1n) is 6.13. The minimum Gasteiger partial charge on any atom is -0.361 e. The molecule has 0 radical (unpaired) electrons. The Bertz CT molecular complexity index is 364. The van der Waals surface area contributed by atoms with Crippen molar-refractivity contribution >= 4 is 22.8 Å². The van der Waals surface area contributed by atoms with E-state index in [1.807, 2.05) is 13.8 Å². The van der Waals surface area contributed by atoms with Gasteiger partial charge >= 0.3 is 0 Å². The minimum atomic E-state index is -0.361. The number of fused-ring (bicyclic) bond motifs is 2. The summed E-state index contributed by atoms with van der Waals surface area (Å²) >= 11 is 1.58. The van der Waals surface area contributed by atoms with Gasteiger partial charge in [0.1, 0.15) is 0 Å². The molecular weight excluding hydrogens is 220 g/mol. The van der Waals surface area contributed by atoms with Gasteiger partial charge in [-0.3, -0.25) is 4.79 Å². The van der Waals surface area contributed by atoms with Crippen molar-refractivity contribution in [2.75, 3.05) is 0 Å². The molecule has 2 bridgehead atoms. The van der Waals surface area contributed by atoms with Crippen LogP contribution in [0, 0.1) is 11.8 Å². The lowest BCUT2D eigenvalue weighted by Gasteiger charge is -2.24. The molecule has 3 aliphatic rings. The maximum absolute atomic E-state index is 11.6. The zero-order chi connectivity index (χ0) is 11.3. The third-order valence-electron chi connectivity index (χ3n) is 4.12. The second-order valence-corrected chi connectivity index (χ2v) is 7.37. The molecule has 2 fully saturated rings. The molecule has 3 nitrogen and oxygen atoms in total. The monoisotopic (exact) mass is 238 g/mol. The van der Waals surface area contributed by atoms with Crippen LogP contribution in [0.1, 0.15) is 39.5 Å². The highest BCUT2D eigenvalue weighted by molar-refractivity contribution is 8.16. The first-order chi connectivity index (χ1) is 7.54. The van der Waals surface area contributed by atoms with Crippen LogP contribution < -0.4 is 5.32 Å².